The number of carbonyl (C=O) groups is 2. The quantitative estimate of drug-likeness (QED) is 0.655. The molecule has 0 bridgehead atoms. The number of carbonyl (C=O) groups excluding carboxylic acids is 2. The van der Waals surface area contributed by atoms with Gasteiger partial charge in [-0.3, -0.25) is 4.79 Å². The van der Waals surface area contributed by atoms with Gasteiger partial charge in [0.05, 0.1) is 23.6 Å². The van der Waals surface area contributed by atoms with Crippen LogP contribution in [0.1, 0.15) is 17.3 Å². The van der Waals surface area contributed by atoms with Gasteiger partial charge in [-0.25, -0.2) is 13.2 Å². The van der Waals surface area contributed by atoms with Crippen molar-refractivity contribution in [3.05, 3.63) is 29.8 Å². The summed E-state index contributed by atoms with van der Waals surface area (Å²) in [5.41, 5.74) is 0.202. The number of rotatable bonds is 6. The number of benzene rings is 1. The second kappa shape index (κ2) is 8.61. The van der Waals surface area contributed by atoms with Gasteiger partial charge in [0, 0.05) is 26.2 Å². The summed E-state index contributed by atoms with van der Waals surface area (Å²) in [6, 6.07) is 5.84. The van der Waals surface area contributed by atoms with Crippen LogP contribution in [-0.4, -0.2) is 87.8 Å². The highest BCUT2D eigenvalue weighted by atomic mass is 32.2. The number of sulfonamides is 1. The van der Waals surface area contributed by atoms with Gasteiger partial charge in [-0.05, 0) is 39.2 Å². The number of esters is 1. The second-order valence-corrected chi connectivity index (χ2v) is 8.21. The Morgan fingerprint density at radius 1 is 1.15 bits per heavy atom. The van der Waals surface area contributed by atoms with E-state index in [0.717, 1.165) is 0 Å². The molecule has 0 aromatic heterocycles. The molecule has 0 radical (unpaired) electrons. The number of hydrogen-bond acceptors (Lipinski definition) is 6. The Morgan fingerprint density at radius 3 is 2.38 bits per heavy atom. The zero-order chi connectivity index (χ0) is 19.3. The van der Waals surface area contributed by atoms with Crippen LogP contribution in [0.15, 0.2) is 29.2 Å². The number of nitrogens with zero attached hydrogens (tertiary/aromatic N) is 3. The zero-order valence-electron chi connectivity index (χ0n) is 15.3. The van der Waals surface area contributed by atoms with Gasteiger partial charge in [-0.2, -0.15) is 4.31 Å². The number of ether oxygens (including phenoxy) is 1. The first kappa shape index (κ1) is 20.3. The molecule has 1 aromatic carbocycles. The standard InChI is InChI=1S/C17H25N3O5S/c1-4-25-17(22)14-6-5-7-15(12-14)26(23,24)20-10-8-19(9-11-20)16(21)13-18(2)3/h5-7,12H,4,8-11,13H2,1-3H3. The van der Waals surface area contributed by atoms with Crippen molar-refractivity contribution in [1.82, 2.24) is 14.1 Å². The van der Waals surface area contributed by atoms with Crippen LogP contribution in [0.2, 0.25) is 0 Å². The molecule has 1 heterocycles. The fourth-order valence-corrected chi connectivity index (χ4v) is 4.16. The van der Waals surface area contributed by atoms with Crippen LogP contribution < -0.4 is 0 Å². The summed E-state index contributed by atoms with van der Waals surface area (Å²) in [5, 5.41) is 0. The molecule has 1 fully saturated rings. The lowest BCUT2D eigenvalue weighted by molar-refractivity contribution is -0.133. The summed E-state index contributed by atoms with van der Waals surface area (Å²) in [5.74, 6) is -0.569. The van der Waals surface area contributed by atoms with Gasteiger partial charge >= 0.3 is 5.97 Å². The van der Waals surface area contributed by atoms with Gasteiger partial charge in [0.2, 0.25) is 15.9 Å². The average Bonchev–Trinajstić information content (AvgIpc) is 2.61. The maximum atomic E-state index is 12.8. The van der Waals surface area contributed by atoms with Gasteiger partial charge in [-0.1, -0.05) is 6.07 Å². The Labute approximate surface area is 154 Å². The van der Waals surface area contributed by atoms with Crippen molar-refractivity contribution in [2.75, 3.05) is 53.4 Å². The van der Waals surface area contributed by atoms with E-state index in [1.165, 1.54) is 28.6 Å². The minimum Gasteiger partial charge on any atom is -0.462 e. The maximum Gasteiger partial charge on any atom is 0.338 e. The third-order valence-corrected chi connectivity index (χ3v) is 5.92. The zero-order valence-corrected chi connectivity index (χ0v) is 16.2. The van der Waals surface area contributed by atoms with Crippen molar-refractivity contribution in [3.8, 4) is 0 Å². The van der Waals surface area contributed by atoms with Gasteiger partial charge in [-0.15, -0.1) is 0 Å². The highest BCUT2D eigenvalue weighted by molar-refractivity contribution is 7.89. The summed E-state index contributed by atoms with van der Waals surface area (Å²) in [4.78, 5) is 27.4. The Kier molecular flexibility index (Phi) is 6.74. The molecule has 1 aromatic rings. The first-order valence-corrected chi connectivity index (χ1v) is 9.89. The minimum atomic E-state index is -3.73. The summed E-state index contributed by atoms with van der Waals surface area (Å²) in [6.45, 7) is 3.37. The number of amides is 1. The third-order valence-electron chi connectivity index (χ3n) is 4.03. The third kappa shape index (κ3) is 4.80. The average molecular weight is 383 g/mol. The molecule has 2 rings (SSSR count). The molecule has 0 saturated carbocycles. The summed E-state index contributed by atoms with van der Waals surface area (Å²) < 4.78 is 31.9. The molecular weight excluding hydrogens is 358 g/mol. The van der Waals surface area contributed by atoms with E-state index >= 15 is 0 Å². The van der Waals surface area contributed by atoms with Crippen molar-refractivity contribution in [1.29, 1.82) is 0 Å². The van der Waals surface area contributed by atoms with Crippen molar-refractivity contribution in [3.63, 3.8) is 0 Å². The molecule has 0 atom stereocenters. The van der Waals surface area contributed by atoms with E-state index in [1.54, 1.807) is 16.7 Å². The lowest BCUT2D eigenvalue weighted by atomic mass is 10.2. The normalized spacial score (nSPS) is 15.9. The molecule has 1 aliphatic heterocycles. The fourth-order valence-electron chi connectivity index (χ4n) is 2.70. The van der Waals surface area contributed by atoms with Crippen molar-refractivity contribution in [2.45, 2.75) is 11.8 Å². The summed E-state index contributed by atoms with van der Waals surface area (Å²) >= 11 is 0. The lowest BCUT2D eigenvalue weighted by Crippen LogP contribution is -2.52. The molecule has 0 unspecified atom stereocenters. The smallest absolute Gasteiger partial charge is 0.338 e. The van der Waals surface area contributed by atoms with Crippen LogP contribution in [0.5, 0.6) is 0 Å². The highest BCUT2D eigenvalue weighted by Gasteiger charge is 2.30. The molecule has 9 heteroatoms. The maximum absolute atomic E-state index is 12.8. The van der Waals surface area contributed by atoms with Crippen LogP contribution >= 0.6 is 0 Å². The van der Waals surface area contributed by atoms with Gasteiger partial charge in [0.15, 0.2) is 0 Å². The first-order valence-electron chi connectivity index (χ1n) is 8.45. The molecule has 0 spiro atoms. The first-order chi connectivity index (χ1) is 12.3. The molecule has 0 aliphatic carbocycles. The topological polar surface area (TPSA) is 87.2 Å². The summed E-state index contributed by atoms with van der Waals surface area (Å²) in [7, 11) is -0.0987. The Balaban J connectivity index is 2.09. The van der Waals surface area contributed by atoms with Gasteiger partial charge in [0.25, 0.3) is 0 Å². The number of piperazine rings is 1. The second-order valence-electron chi connectivity index (χ2n) is 6.27. The van der Waals surface area contributed by atoms with E-state index in [9.17, 15) is 18.0 Å². The monoisotopic (exact) mass is 383 g/mol. The van der Waals surface area contributed by atoms with Crippen molar-refractivity contribution in [2.24, 2.45) is 0 Å². The Bertz CT molecular complexity index is 755. The van der Waals surface area contributed by atoms with E-state index < -0.39 is 16.0 Å². The molecule has 1 amide bonds. The van der Waals surface area contributed by atoms with Crippen LogP contribution in [0.25, 0.3) is 0 Å². The molecule has 26 heavy (non-hydrogen) atoms. The molecule has 144 valence electrons. The van der Waals surface area contributed by atoms with E-state index in [2.05, 4.69) is 0 Å². The Morgan fingerprint density at radius 2 is 1.81 bits per heavy atom. The minimum absolute atomic E-state index is 0.0173. The van der Waals surface area contributed by atoms with Crippen LogP contribution in [0, 0.1) is 0 Å². The van der Waals surface area contributed by atoms with E-state index in [1.807, 2.05) is 14.1 Å². The van der Waals surface area contributed by atoms with E-state index in [-0.39, 0.29) is 36.1 Å². The predicted molar refractivity (Wildman–Crippen MR) is 96.3 cm³/mol. The van der Waals surface area contributed by atoms with Crippen LogP contribution in [-0.2, 0) is 19.6 Å². The van der Waals surface area contributed by atoms with Gasteiger partial charge in [0.1, 0.15) is 0 Å². The van der Waals surface area contributed by atoms with Crippen LogP contribution in [0.3, 0.4) is 0 Å². The number of likely N-dealkylation sites (N-methyl/N-ethyl adjacent to an activating group) is 1. The van der Waals surface area contributed by atoms with Gasteiger partial charge < -0.3 is 14.5 Å². The van der Waals surface area contributed by atoms with Crippen LogP contribution in [0.4, 0.5) is 0 Å². The SMILES string of the molecule is CCOC(=O)c1cccc(S(=O)(=O)N2CCN(C(=O)CN(C)C)CC2)c1. The Hall–Kier alpha value is -1.97. The number of hydrogen-bond donors (Lipinski definition) is 0. The predicted octanol–water partition coefficient (Wildman–Crippen LogP) is 0.258. The van der Waals surface area contributed by atoms with E-state index in [0.29, 0.717) is 19.6 Å². The fraction of sp³-hybridized carbons (Fsp3) is 0.529. The molecule has 1 saturated heterocycles. The summed E-state index contributed by atoms with van der Waals surface area (Å²) in [6.07, 6.45) is 0. The largest absolute Gasteiger partial charge is 0.462 e. The lowest BCUT2D eigenvalue weighted by Gasteiger charge is -2.34. The van der Waals surface area contributed by atoms with Crippen molar-refractivity contribution < 1.29 is 22.7 Å². The molecule has 8 nitrogen and oxygen atoms in total. The molecular formula is C17H25N3O5S. The molecule has 0 N–H and O–H groups in total. The van der Waals surface area contributed by atoms with E-state index in [4.69, 9.17) is 4.74 Å². The molecule has 1 aliphatic rings. The highest BCUT2D eigenvalue weighted by Crippen LogP contribution is 2.19. The van der Waals surface area contributed by atoms with Crippen molar-refractivity contribution >= 4 is 21.9 Å².